The molecule has 2 heterocycles. The molecule has 2 aromatic carbocycles. The van der Waals surface area contributed by atoms with Crippen LogP contribution >= 0.6 is 0 Å². The molecule has 0 saturated carbocycles. The van der Waals surface area contributed by atoms with Crippen molar-refractivity contribution in [3.8, 4) is 23.0 Å². The van der Waals surface area contributed by atoms with Gasteiger partial charge in [0.05, 0.1) is 37.8 Å². The summed E-state index contributed by atoms with van der Waals surface area (Å²) in [6, 6.07) is 8.23. The van der Waals surface area contributed by atoms with Crippen LogP contribution in [0.4, 0.5) is 0 Å². The molecule has 7 heteroatoms. The molecule has 29 heavy (non-hydrogen) atoms. The quantitative estimate of drug-likeness (QED) is 0.627. The summed E-state index contributed by atoms with van der Waals surface area (Å²) in [6.45, 7) is 0.0441. The summed E-state index contributed by atoms with van der Waals surface area (Å²) in [7, 11) is 4.52. The first-order valence-corrected chi connectivity index (χ1v) is 8.80. The highest BCUT2D eigenvalue weighted by atomic mass is 16.5. The van der Waals surface area contributed by atoms with E-state index < -0.39 is 0 Å². The Labute approximate surface area is 166 Å². The number of rotatable bonds is 4. The van der Waals surface area contributed by atoms with E-state index in [-0.39, 0.29) is 29.0 Å². The number of hydrogen-bond donors (Lipinski definition) is 0. The minimum atomic E-state index is -0.284. The van der Waals surface area contributed by atoms with Crippen LogP contribution in [0.5, 0.6) is 23.0 Å². The monoisotopic (exact) mass is 394 g/mol. The van der Waals surface area contributed by atoms with Crippen LogP contribution in [0.15, 0.2) is 51.4 Å². The van der Waals surface area contributed by atoms with Crippen molar-refractivity contribution in [3.05, 3.63) is 63.5 Å². The first kappa shape index (κ1) is 18.6. The summed E-state index contributed by atoms with van der Waals surface area (Å²) in [5.74, 6) is 1.64. The lowest BCUT2D eigenvalue weighted by Gasteiger charge is -2.19. The number of carbonyl (C=O) groups excluding carboxylic acids is 1. The lowest BCUT2D eigenvalue weighted by Crippen LogP contribution is -2.19. The zero-order valence-electron chi connectivity index (χ0n) is 16.1. The Morgan fingerprint density at radius 1 is 1.00 bits per heavy atom. The molecule has 148 valence electrons. The molecule has 1 aromatic heterocycles. The van der Waals surface area contributed by atoms with Crippen molar-refractivity contribution in [3.63, 3.8) is 0 Å². The third-order valence-corrected chi connectivity index (χ3v) is 4.75. The summed E-state index contributed by atoms with van der Waals surface area (Å²) in [4.78, 5) is 25.8. The van der Waals surface area contributed by atoms with Crippen LogP contribution in [0.3, 0.4) is 0 Å². The number of benzene rings is 2. The number of ketones is 1. The highest BCUT2D eigenvalue weighted by Crippen LogP contribution is 2.35. The lowest BCUT2D eigenvalue weighted by atomic mass is 9.98. The summed E-state index contributed by atoms with van der Waals surface area (Å²) in [6.07, 6.45) is 2.80. The second-order valence-corrected chi connectivity index (χ2v) is 6.35. The van der Waals surface area contributed by atoms with Gasteiger partial charge in [0.2, 0.25) is 5.75 Å². The van der Waals surface area contributed by atoms with Crippen molar-refractivity contribution in [1.82, 2.24) is 0 Å². The maximum Gasteiger partial charge on any atom is 0.204 e. The summed E-state index contributed by atoms with van der Waals surface area (Å²) < 4.78 is 27.0. The van der Waals surface area contributed by atoms with Crippen LogP contribution < -0.4 is 24.4 Å². The molecule has 0 amide bonds. The molecule has 0 unspecified atom stereocenters. The molecule has 4 rings (SSSR count). The van der Waals surface area contributed by atoms with Crippen molar-refractivity contribution in [2.75, 3.05) is 27.9 Å². The van der Waals surface area contributed by atoms with Crippen LogP contribution in [0.2, 0.25) is 0 Å². The molecule has 0 spiro atoms. The van der Waals surface area contributed by atoms with Gasteiger partial charge in [0.25, 0.3) is 0 Å². The maximum atomic E-state index is 12.9. The Morgan fingerprint density at radius 2 is 1.83 bits per heavy atom. The highest BCUT2D eigenvalue weighted by molar-refractivity contribution is 6.14. The fourth-order valence-corrected chi connectivity index (χ4v) is 3.25. The first-order valence-electron chi connectivity index (χ1n) is 8.80. The van der Waals surface area contributed by atoms with E-state index >= 15 is 0 Å². The van der Waals surface area contributed by atoms with E-state index in [9.17, 15) is 9.59 Å². The zero-order valence-corrected chi connectivity index (χ0v) is 16.1. The predicted octanol–water partition coefficient (Wildman–Crippen LogP) is 3.48. The van der Waals surface area contributed by atoms with Crippen molar-refractivity contribution in [1.29, 1.82) is 0 Å². The standard InChI is InChI=1S/C22H18O7/c1-25-14-4-5-15-18(9-14)28-10-12(19(15)23)8-13-11-29-21-16(20(13)24)6-7-17(26-2)22(21)27-3/h4-9,11H,10H2,1-3H3/b12-8+. The largest absolute Gasteiger partial charge is 0.497 e. The molecular weight excluding hydrogens is 376 g/mol. The molecule has 0 atom stereocenters. The van der Waals surface area contributed by atoms with E-state index in [0.717, 1.165) is 0 Å². The summed E-state index contributed by atoms with van der Waals surface area (Å²) >= 11 is 0. The normalized spacial score (nSPS) is 14.4. The van der Waals surface area contributed by atoms with Gasteiger partial charge in [-0.15, -0.1) is 0 Å². The topological polar surface area (TPSA) is 84.2 Å². The fourth-order valence-electron chi connectivity index (χ4n) is 3.25. The van der Waals surface area contributed by atoms with Crippen LogP contribution in [0.25, 0.3) is 17.0 Å². The highest BCUT2D eigenvalue weighted by Gasteiger charge is 2.24. The number of fused-ring (bicyclic) bond motifs is 2. The molecule has 7 nitrogen and oxygen atoms in total. The molecular formula is C22H18O7. The van der Waals surface area contributed by atoms with Crippen molar-refractivity contribution in [2.24, 2.45) is 0 Å². The second kappa shape index (κ2) is 7.35. The van der Waals surface area contributed by atoms with Gasteiger partial charge in [0, 0.05) is 11.6 Å². The van der Waals surface area contributed by atoms with E-state index in [2.05, 4.69) is 0 Å². The Kier molecular flexibility index (Phi) is 4.72. The Bertz CT molecular complexity index is 1200. The van der Waals surface area contributed by atoms with E-state index in [1.165, 1.54) is 26.6 Å². The van der Waals surface area contributed by atoms with E-state index in [4.69, 9.17) is 23.4 Å². The zero-order chi connectivity index (χ0) is 20.5. The van der Waals surface area contributed by atoms with Crippen LogP contribution in [-0.4, -0.2) is 33.7 Å². The van der Waals surface area contributed by atoms with Gasteiger partial charge in [-0.1, -0.05) is 0 Å². The lowest BCUT2D eigenvalue weighted by molar-refractivity contribution is 0.100. The number of Topliss-reactive ketones (excluding diaryl/α,β-unsaturated/α-hetero) is 1. The first-order chi connectivity index (χ1) is 14.1. The van der Waals surface area contributed by atoms with Gasteiger partial charge in [-0.3, -0.25) is 9.59 Å². The van der Waals surface area contributed by atoms with Gasteiger partial charge < -0.3 is 23.4 Å². The summed E-state index contributed by atoms with van der Waals surface area (Å²) in [5.41, 5.74) is 1.01. The SMILES string of the molecule is COc1ccc2c(c1)OC/C(=C\c1coc3c(OC)c(OC)ccc3c1=O)C2=O. The number of ether oxygens (including phenoxy) is 4. The molecule has 0 N–H and O–H groups in total. The van der Waals surface area contributed by atoms with Crippen molar-refractivity contribution in [2.45, 2.75) is 0 Å². The Hall–Kier alpha value is -3.74. The van der Waals surface area contributed by atoms with Gasteiger partial charge in [-0.25, -0.2) is 0 Å². The Balaban J connectivity index is 1.77. The predicted molar refractivity (Wildman–Crippen MR) is 106 cm³/mol. The summed E-state index contributed by atoms with van der Waals surface area (Å²) in [5, 5.41) is 0.325. The second-order valence-electron chi connectivity index (χ2n) is 6.35. The van der Waals surface area contributed by atoms with Crippen LogP contribution in [-0.2, 0) is 0 Å². The third kappa shape index (κ3) is 3.10. The molecule has 3 aromatic rings. The van der Waals surface area contributed by atoms with Gasteiger partial charge >= 0.3 is 0 Å². The van der Waals surface area contributed by atoms with Crippen LogP contribution in [0.1, 0.15) is 15.9 Å². The molecule has 0 bridgehead atoms. The number of carbonyl (C=O) groups is 1. The van der Waals surface area contributed by atoms with E-state index in [1.807, 2.05) is 0 Å². The molecule has 1 aliphatic heterocycles. The fraction of sp³-hybridized carbons (Fsp3) is 0.182. The smallest absolute Gasteiger partial charge is 0.204 e. The van der Waals surface area contributed by atoms with Crippen LogP contribution in [0, 0.1) is 0 Å². The average molecular weight is 394 g/mol. The van der Waals surface area contributed by atoms with E-state index in [0.29, 0.717) is 39.5 Å². The van der Waals surface area contributed by atoms with Gasteiger partial charge in [-0.05, 0) is 30.3 Å². The maximum absolute atomic E-state index is 12.9. The molecule has 0 aliphatic carbocycles. The minimum Gasteiger partial charge on any atom is -0.497 e. The molecule has 1 aliphatic rings. The van der Waals surface area contributed by atoms with E-state index in [1.54, 1.807) is 37.4 Å². The van der Waals surface area contributed by atoms with Gasteiger partial charge in [-0.2, -0.15) is 0 Å². The number of methoxy groups -OCH3 is 3. The molecule has 0 radical (unpaired) electrons. The van der Waals surface area contributed by atoms with Gasteiger partial charge in [0.15, 0.2) is 22.5 Å². The third-order valence-electron chi connectivity index (χ3n) is 4.75. The molecule has 0 fully saturated rings. The van der Waals surface area contributed by atoms with Crippen molar-refractivity contribution < 1.29 is 28.2 Å². The molecule has 0 saturated heterocycles. The number of hydrogen-bond acceptors (Lipinski definition) is 7. The minimum absolute atomic E-state index is 0.0441. The Morgan fingerprint density at radius 3 is 2.55 bits per heavy atom. The van der Waals surface area contributed by atoms with Crippen molar-refractivity contribution >= 4 is 22.8 Å². The average Bonchev–Trinajstić information content (AvgIpc) is 2.76. The van der Waals surface area contributed by atoms with Gasteiger partial charge in [0.1, 0.15) is 24.4 Å².